The second-order valence-corrected chi connectivity index (χ2v) is 7.11. The van der Waals surface area contributed by atoms with Gasteiger partial charge in [0.2, 0.25) is 5.91 Å². The maximum atomic E-state index is 13.8. The van der Waals surface area contributed by atoms with E-state index in [1.54, 1.807) is 13.0 Å². The maximum Gasteiger partial charge on any atom is 0.325 e. The lowest BCUT2D eigenvalue weighted by Crippen LogP contribution is -2.44. The van der Waals surface area contributed by atoms with Gasteiger partial charge >= 0.3 is 6.03 Å². The average Bonchev–Trinajstić information content (AvgIpc) is 3.19. The predicted molar refractivity (Wildman–Crippen MR) is 95.6 cm³/mol. The summed E-state index contributed by atoms with van der Waals surface area (Å²) in [6.07, 6.45) is 3.13. The first kappa shape index (κ1) is 19.1. The van der Waals surface area contributed by atoms with Crippen LogP contribution in [-0.2, 0) is 9.59 Å². The van der Waals surface area contributed by atoms with Crippen LogP contribution in [0.15, 0.2) is 18.2 Å². The normalized spacial score (nSPS) is 19.3. The maximum absolute atomic E-state index is 13.8. The summed E-state index contributed by atoms with van der Waals surface area (Å²) in [7, 11) is 1.38. The molecule has 3 rings (SSSR count). The van der Waals surface area contributed by atoms with Gasteiger partial charge in [-0.15, -0.1) is 0 Å². The Kier molecular flexibility index (Phi) is 5.34. The van der Waals surface area contributed by atoms with E-state index in [1.165, 1.54) is 19.2 Å². The number of hydrogen-bond donors (Lipinski definition) is 2. The molecule has 1 saturated carbocycles. The van der Waals surface area contributed by atoms with Crippen molar-refractivity contribution in [3.63, 3.8) is 0 Å². The summed E-state index contributed by atoms with van der Waals surface area (Å²) in [5, 5.41) is 5.55. The van der Waals surface area contributed by atoms with Crippen molar-refractivity contribution in [1.29, 1.82) is 0 Å². The van der Waals surface area contributed by atoms with Gasteiger partial charge in [0, 0.05) is 13.0 Å². The first-order chi connectivity index (χ1) is 12.9. The van der Waals surface area contributed by atoms with Gasteiger partial charge in [0.1, 0.15) is 5.54 Å². The molecule has 1 unspecified atom stereocenters. The Hall–Kier alpha value is -2.64. The summed E-state index contributed by atoms with van der Waals surface area (Å²) >= 11 is 0. The Balaban J connectivity index is 1.54. The van der Waals surface area contributed by atoms with Gasteiger partial charge in [0.15, 0.2) is 11.6 Å². The van der Waals surface area contributed by atoms with E-state index in [9.17, 15) is 18.8 Å². The molecule has 27 heavy (non-hydrogen) atoms. The number of nitrogens with one attached hydrogen (secondary N) is 2. The lowest BCUT2D eigenvalue weighted by molar-refractivity contribution is -0.131. The molecule has 1 aliphatic carbocycles. The first-order valence-corrected chi connectivity index (χ1v) is 9.13. The molecule has 1 aromatic carbocycles. The minimum Gasteiger partial charge on any atom is -0.494 e. The molecule has 7 nitrogen and oxygen atoms in total. The molecule has 2 aliphatic rings. The molecule has 0 radical (unpaired) electrons. The van der Waals surface area contributed by atoms with Crippen LogP contribution < -0.4 is 15.4 Å². The van der Waals surface area contributed by atoms with Crippen LogP contribution in [0, 0.1) is 5.82 Å². The zero-order valence-corrected chi connectivity index (χ0v) is 15.5. The molecule has 146 valence electrons. The first-order valence-electron chi connectivity index (χ1n) is 9.13. The van der Waals surface area contributed by atoms with Gasteiger partial charge < -0.3 is 15.4 Å². The number of methoxy groups -OCH3 is 1. The number of carbonyl (C=O) groups is 3. The lowest BCUT2D eigenvalue weighted by atomic mass is 9.98. The third-order valence-electron chi connectivity index (χ3n) is 5.32. The van der Waals surface area contributed by atoms with Gasteiger partial charge in [-0.1, -0.05) is 18.9 Å². The highest BCUT2D eigenvalue weighted by molar-refractivity contribution is 6.07. The van der Waals surface area contributed by atoms with Gasteiger partial charge in [-0.25, -0.2) is 9.18 Å². The highest BCUT2D eigenvalue weighted by atomic mass is 19.1. The van der Waals surface area contributed by atoms with Crippen molar-refractivity contribution in [3.05, 3.63) is 29.6 Å². The smallest absolute Gasteiger partial charge is 0.325 e. The fourth-order valence-electron chi connectivity index (χ4n) is 3.76. The van der Waals surface area contributed by atoms with Crippen LogP contribution in [0.1, 0.15) is 50.6 Å². The minimum absolute atomic E-state index is 0.00177. The van der Waals surface area contributed by atoms with Gasteiger partial charge in [0.25, 0.3) is 5.91 Å². The molecule has 0 aromatic heterocycles. The van der Waals surface area contributed by atoms with Crippen molar-refractivity contribution >= 4 is 17.8 Å². The molecule has 4 amide bonds. The topological polar surface area (TPSA) is 87.7 Å². The van der Waals surface area contributed by atoms with Crippen LogP contribution in [0.4, 0.5) is 9.18 Å². The molecule has 0 bridgehead atoms. The van der Waals surface area contributed by atoms with E-state index in [2.05, 4.69) is 10.6 Å². The molecule has 1 heterocycles. The molecule has 1 aromatic rings. The molecule has 2 fully saturated rings. The SMILES string of the molecule is COc1ccc(C(C)NC(=O)CCN2C(=O)NC3(CCCC3)C2=O)cc1F. The van der Waals surface area contributed by atoms with E-state index in [0.29, 0.717) is 18.4 Å². The van der Waals surface area contributed by atoms with Crippen LogP contribution in [0.3, 0.4) is 0 Å². The molecule has 1 spiro atoms. The highest BCUT2D eigenvalue weighted by Gasteiger charge is 2.52. The monoisotopic (exact) mass is 377 g/mol. The molecular weight excluding hydrogens is 353 g/mol. The third kappa shape index (κ3) is 3.74. The zero-order chi connectivity index (χ0) is 19.6. The van der Waals surface area contributed by atoms with Gasteiger partial charge in [0.05, 0.1) is 13.2 Å². The fourth-order valence-corrected chi connectivity index (χ4v) is 3.76. The van der Waals surface area contributed by atoms with Gasteiger partial charge in [-0.05, 0) is 37.5 Å². The van der Waals surface area contributed by atoms with Crippen molar-refractivity contribution in [1.82, 2.24) is 15.5 Å². The van der Waals surface area contributed by atoms with Crippen molar-refractivity contribution in [2.24, 2.45) is 0 Å². The van der Waals surface area contributed by atoms with Crippen molar-refractivity contribution < 1.29 is 23.5 Å². The quantitative estimate of drug-likeness (QED) is 0.745. The fraction of sp³-hybridized carbons (Fsp3) is 0.526. The number of urea groups is 1. The second-order valence-electron chi connectivity index (χ2n) is 7.11. The Bertz CT molecular complexity index is 761. The van der Waals surface area contributed by atoms with E-state index >= 15 is 0 Å². The lowest BCUT2D eigenvalue weighted by Gasteiger charge is -2.20. The minimum atomic E-state index is -0.762. The van der Waals surface area contributed by atoms with Gasteiger partial charge in [-0.3, -0.25) is 14.5 Å². The van der Waals surface area contributed by atoms with E-state index in [-0.39, 0.29) is 30.5 Å². The molecule has 1 atom stereocenters. The number of ether oxygens (including phenoxy) is 1. The number of nitrogens with zero attached hydrogens (tertiary/aromatic N) is 1. The molecule has 1 aliphatic heterocycles. The van der Waals surface area contributed by atoms with E-state index in [4.69, 9.17) is 4.74 Å². The van der Waals surface area contributed by atoms with Crippen molar-refractivity contribution in [3.8, 4) is 5.75 Å². The van der Waals surface area contributed by atoms with Gasteiger partial charge in [-0.2, -0.15) is 0 Å². The summed E-state index contributed by atoms with van der Waals surface area (Å²) in [5.41, 5.74) is -0.164. The number of carbonyl (C=O) groups excluding carboxylic acids is 3. The molecule has 2 N–H and O–H groups in total. The molecule has 1 saturated heterocycles. The summed E-state index contributed by atoms with van der Waals surface area (Å²) in [4.78, 5) is 38.0. The largest absolute Gasteiger partial charge is 0.494 e. The number of benzene rings is 1. The van der Waals surface area contributed by atoms with Crippen LogP contribution in [0.5, 0.6) is 5.75 Å². The standard InChI is InChI=1S/C19H24FN3O4/c1-12(13-5-6-15(27-2)14(20)11-13)21-16(24)7-10-23-17(25)19(22-18(23)26)8-3-4-9-19/h5-6,11-12H,3-4,7-10H2,1-2H3,(H,21,24)(H,22,26). The number of amides is 4. The summed E-state index contributed by atoms with van der Waals surface area (Å²) in [6, 6.07) is 3.64. The second kappa shape index (κ2) is 7.54. The summed E-state index contributed by atoms with van der Waals surface area (Å²) < 4.78 is 18.7. The molecular formula is C19H24FN3O4. The van der Waals surface area contributed by atoms with Crippen LogP contribution >= 0.6 is 0 Å². The third-order valence-corrected chi connectivity index (χ3v) is 5.32. The Labute approximate surface area is 157 Å². The number of rotatable bonds is 6. The summed E-state index contributed by atoms with van der Waals surface area (Å²) in [6.45, 7) is 1.77. The average molecular weight is 377 g/mol. The molecule has 8 heteroatoms. The number of hydrogen-bond acceptors (Lipinski definition) is 4. The highest BCUT2D eigenvalue weighted by Crippen LogP contribution is 2.35. The predicted octanol–water partition coefficient (Wildman–Crippen LogP) is 2.27. The van der Waals surface area contributed by atoms with Crippen LogP contribution in [0.25, 0.3) is 0 Å². The van der Waals surface area contributed by atoms with Crippen molar-refractivity contribution in [2.45, 2.75) is 50.6 Å². The Morgan fingerprint density at radius 3 is 2.70 bits per heavy atom. The zero-order valence-electron chi connectivity index (χ0n) is 15.5. The number of imide groups is 1. The van der Waals surface area contributed by atoms with Crippen molar-refractivity contribution in [2.75, 3.05) is 13.7 Å². The van der Waals surface area contributed by atoms with E-state index < -0.39 is 23.4 Å². The van der Waals surface area contributed by atoms with E-state index in [1.807, 2.05) is 0 Å². The van der Waals surface area contributed by atoms with E-state index in [0.717, 1.165) is 17.7 Å². The Morgan fingerprint density at radius 1 is 1.37 bits per heavy atom. The van der Waals surface area contributed by atoms with Crippen LogP contribution in [0.2, 0.25) is 0 Å². The Morgan fingerprint density at radius 2 is 2.07 bits per heavy atom. The number of halogens is 1. The van der Waals surface area contributed by atoms with Crippen LogP contribution in [-0.4, -0.2) is 41.9 Å². The summed E-state index contributed by atoms with van der Waals surface area (Å²) in [5.74, 6) is -0.913.